The number of carboxylic acid groups (broad SMARTS) is 1. The van der Waals surface area contributed by atoms with E-state index in [1.807, 2.05) is 0 Å². The number of aliphatic carboxylic acids is 1. The Balaban J connectivity index is 2.24. The minimum atomic E-state index is -2.99. The number of hydrogen-bond acceptors (Lipinski definition) is 5. The molecule has 0 radical (unpaired) electrons. The molecule has 0 aromatic carbocycles. The molecule has 9 heteroatoms. The van der Waals surface area contributed by atoms with Crippen molar-refractivity contribution >= 4 is 27.7 Å². The first-order valence-electron chi connectivity index (χ1n) is 6.68. The van der Waals surface area contributed by atoms with Gasteiger partial charge in [-0.1, -0.05) is 6.92 Å². The first kappa shape index (κ1) is 17.4. The SMILES string of the molecule is CC(CC(=O)O)CC(=O)NC(=O)NCC1CCS(=O)(=O)C1. The second-order valence-electron chi connectivity index (χ2n) is 5.43. The monoisotopic (exact) mass is 320 g/mol. The highest BCUT2D eigenvalue weighted by Crippen LogP contribution is 2.17. The van der Waals surface area contributed by atoms with Gasteiger partial charge in [-0.3, -0.25) is 14.9 Å². The van der Waals surface area contributed by atoms with E-state index >= 15 is 0 Å². The largest absolute Gasteiger partial charge is 0.481 e. The van der Waals surface area contributed by atoms with Gasteiger partial charge in [0, 0.05) is 19.4 Å². The third kappa shape index (κ3) is 7.07. The summed E-state index contributed by atoms with van der Waals surface area (Å²) in [7, 11) is -2.99. The molecule has 0 aromatic rings. The summed E-state index contributed by atoms with van der Waals surface area (Å²) < 4.78 is 22.5. The van der Waals surface area contributed by atoms with Crippen molar-refractivity contribution in [1.29, 1.82) is 0 Å². The van der Waals surface area contributed by atoms with E-state index in [1.165, 1.54) is 0 Å². The first-order chi connectivity index (χ1) is 9.68. The maximum Gasteiger partial charge on any atom is 0.321 e. The van der Waals surface area contributed by atoms with Gasteiger partial charge < -0.3 is 10.4 Å². The normalized spacial score (nSPS) is 21.5. The number of nitrogens with one attached hydrogen (secondary N) is 2. The summed E-state index contributed by atoms with van der Waals surface area (Å²) in [5.41, 5.74) is 0. The van der Waals surface area contributed by atoms with Crippen molar-refractivity contribution < 1.29 is 27.9 Å². The number of urea groups is 1. The molecule has 8 nitrogen and oxygen atoms in total. The van der Waals surface area contributed by atoms with Gasteiger partial charge >= 0.3 is 12.0 Å². The molecule has 1 saturated heterocycles. The van der Waals surface area contributed by atoms with Crippen molar-refractivity contribution in [2.24, 2.45) is 11.8 Å². The number of carboxylic acids is 1. The van der Waals surface area contributed by atoms with Crippen LogP contribution in [0.25, 0.3) is 0 Å². The second-order valence-corrected chi connectivity index (χ2v) is 7.66. The summed E-state index contributed by atoms with van der Waals surface area (Å²) in [6.45, 7) is 1.80. The summed E-state index contributed by atoms with van der Waals surface area (Å²) in [5.74, 6) is -1.86. The molecule has 2 unspecified atom stereocenters. The number of carbonyl (C=O) groups excluding carboxylic acids is 2. The van der Waals surface area contributed by atoms with Crippen LogP contribution in [0, 0.1) is 11.8 Å². The topological polar surface area (TPSA) is 130 Å². The van der Waals surface area contributed by atoms with Gasteiger partial charge in [-0.25, -0.2) is 13.2 Å². The summed E-state index contributed by atoms with van der Waals surface area (Å²) in [4.78, 5) is 33.4. The predicted octanol–water partition coefficient (Wildman–Crippen LogP) is -0.252. The zero-order valence-electron chi connectivity index (χ0n) is 11.8. The third-order valence-electron chi connectivity index (χ3n) is 3.19. The van der Waals surface area contributed by atoms with E-state index in [-0.39, 0.29) is 42.7 Å². The zero-order valence-corrected chi connectivity index (χ0v) is 12.6. The van der Waals surface area contributed by atoms with Crippen molar-refractivity contribution in [3.05, 3.63) is 0 Å². The molecular formula is C12H20N2O6S. The Morgan fingerprint density at radius 1 is 1.29 bits per heavy atom. The maximum atomic E-state index is 11.5. The Hall–Kier alpha value is -1.64. The molecule has 21 heavy (non-hydrogen) atoms. The minimum absolute atomic E-state index is 0.0525. The molecule has 0 aliphatic carbocycles. The fourth-order valence-electron chi connectivity index (χ4n) is 2.18. The van der Waals surface area contributed by atoms with Crippen molar-refractivity contribution in [2.75, 3.05) is 18.1 Å². The summed E-state index contributed by atoms with van der Waals surface area (Å²) in [5, 5.41) is 13.1. The molecule has 0 saturated carbocycles. The molecule has 1 rings (SSSR count). The quantitative estimate of drug-likeness (QED) is 0.618. The zero-order chi connectivity index (χ0) is 16.0. The van der Waals surface area contributed by atoms with Crippen molar-refractivity contribution in [1.82, 2.24) is 10.6 Å². The summed E-state index contributed by atoms with van der Waals surface area (Å²) in [6.07, 6.45) is 0.304. The van der Waals surface area contributed by atoms with Crippen LogP contribution < -0.4 is 10.6 Å². The molecule has 0 aromatic heterocycles. The van der Waals surface area contributed by atoms with E-state index in [2.05, 4.69) is 10.6 Å². The van der Waals surface area contributed by atoms with Gasteiger partial charge in [0.05, 0.1) is 11.5 Å². The highest BCUT2D eigenvalue weighted by Gasteiger charge is 2.28. The number of imide groups is 1. The molecule has 1 aliphatic rings. The lowest BCUT2D eigenvalue weighted by molar-refractivity contribution is -0.138. The molecule has 3 amide bonds. The van der Waals surface area contributed by atoms with Crippen LogP contribution in [0.3, 0.4) is 0 Å². The van der Waals surface area contributed by atoms with Gasteiger partial charge in [-0.15, -0.1) is 0 Å². The van der Waals surface area contributed by atoms with Gasteiger partial charge in [0.2, 0.25) is 5.91 Å². The Morgan fingerprint density at radius 2 is 1.95 bits per heavy atom. The van der Waals surface area contributed by atoms with E-state index in [4.69, 9.17) is 5.11 Å². The maximum absolute atomic E-state index is 11.5. The van der Waals surface area contributed by atoms with Crippen molar-refractivity contribution in [3.63, 3.8) is 0 Å². The Labute approximate surface area is 123 Å². The molecule has 2 atom stereocenters. The average Bonchev–Trinajstić information content (AvgIpc) is 2.64. The molecule has 1 heterocycles. The number of amides is 3. The Bertz CT molecular complexity index is 516. The molecule has 1 aliphatic heterocycles. The number of sulfone groups is 1. The van der Waals surface area contributed by atoms with Gasteiger partial charge in [0.1, 0.15) is 0 Å². The molecular weight excluding hydrogens is 300 g/mol. The second kappa shape index (κ2) is 7.39. The summed E-state index contributed by atoms with van der Waals surface area (Å²) >= 11 is 0. The number of carbonyl (C=O) groups is 3. The van der Waals surface area contributed by atoms with Crippen LogP contribution in [0.1, 0.15) is 26.2 Å². The molecule has 120 valence electrons. The van der Waals surface area contributed by atoms with Crippen LogP contribution in [0.15, 0.2) is 0 Å². The van der Waals surface area contributed by atoms with Crippen LogP contribution in [0.5, 0.6) is 0 Å². The van der Waals surface area contributed by atoms with Crippen LogP contribution >= 0.6 is 0 Å². The standard InChI is InChI=1S/C12H20N2O6S/c1-8(5-11(16)17)4-10(15)14-12(18)13-6-9-2-3-21(19,20)7-9/h8-9H,2-7H2,1H3,(H,16,17)(H2,13,14,15,18). The van der Waals surface area contributed by atoms with Gasteiger partial charge in [-0.2, -0.15) is 0 Å². The summed E-state index contributed by atoms with van der Waals surface area (Å²) in [6, 6.07) is -0.688. The third-order valence-corrected chi connectivity index (χ3v) is 5.02. The van der Waals surface area contributed by atoms with Crippen LogP contribution in [0.4, 0.5) is 4.79 Å². The Morgan fingerprint density at radius 3 is 2.48 bits per heavy atom. The Kier molecular flexibility index (Phi) is 6.13. The van der Waals surface area contributed by atoms with E-state index < -0.39 is 27.7 Å². The van der Waals surface area contributed by atoms with Gasteiger partial charge in [-0.05, 0) is 18.3 Å². The molecule has 3 N–H and O–H groups in total. The van der Waals surface area contributed by atoms with E-state index in [9.17, 15) is 22.8 Å². The molecule has 0 bridgehead atoms. The minimum Gasteiger partial charge on any atom is -0.481 e. The fourth-order valence-corrected chi connectivity index (χ4v) is 4.04. The lowest BCUT2D eigenvalue weighted by atomic mass is 10.0. The first-order valence-corrected chi connectivity index (χ1v) is 8.50. The smallest absolute Gasteiger partial charge is 0.321 e. The average molecular weight is 320 g/mol. The van der Waals surface area contributed by atoms with Crippen LogP contribution in [-0.2, 0) is 19.4 Å². The number of rotatable bonds is 6. The van der Waals surface area contributed by atoms with Crippen LogP contribution in [0.2, 0.25) is 0 Å². The highest BCUT2D eigenvalue weighted by molar-refractivity contribution is 7.91. The van der Waals surface area contributed by atoms with Crippen LogP contribution in [-0.4, -0.2) is 49.5 Å². The number of hydrogen-bond donors (Lipinski definition) is 3. The molecule has 1 fully saturated rings. The lowest BCUT2D eigenvalue weighted by Crippen LogP contribution is -2.42. The van der Waals surface area contributed by atoms with Crippen molar-refractivity contribution in [3.8, 4) is 0 Å². The highest BCUT2D eigenvalue weighted by atomic mass is 32.2. The van der Waals surface area contributed by atoms with Crippen molar-refractivity contribution in [2.45, 2.75) is 26.2 Å². The van der Waals surface area contributed by atoms with Gasteiger partial charge in [0.15, 0.2) is 9.84 Å². The van der Waals surface area contributed by atoms with E-state index in [0.717, 1.165) is 0 Å². The molecule has 0 spiro atoms. The van der Waals surface area contributed by atoms with E-state index in [0.29, 0.717) is 6.42 Å². The predicted molar refractivity (Wildman–Crippen MR) is 74.3 cm³/mol. The van der Waals surface area contributed by atoms with E-state index in [1.54, 1.807) is 6.92 Å². The lowest BCUT2D eigenvalue weighted by Gasteiger charge is -2.11. The fraction of sp³-hybridized carbons (Fsp3) is 0.750. The van der Waals surface area contributed by atoms with Gasteiger partial charge in [0.25, 0.3) is 0 Å².